The molecule has 0 aliphatic carbocycles. The quantitative estimate of drug-likeness (QED) is 0.0199. The molecule has 19 nitrogen and oxygen atoms in total. The van der Waals surface area contributed by atoms with Crippen molar-refractivity contribution in [1.29, 1.82) is 0 Å². The van der Waals surface area contributed by atoms with Gasteiger partial charge in [0, 0.05) is 6.42 Å². The first-order chi connectivity index (χ1) is 52.3. The average molecular weight is 1520 g/mol. The molecule has 3 saturated heterocycles. The SMILES string of the molecule is CCCCCCC/C=C\C/C=C\CCCCCCCCCCCCCCCCCCCCCCCCCCCCCC(=O)NC(COC1OC(CO)C(OC2OC(CO)C(OC3OC(CO)C(O)C(O)C3O)C(O)C2O)C(O)C1O)C(O)/C=C/CC/C=C/CCCCCCCCCCCCCCCCCCC. The Bertz CT molecular complexity index is 2120. The Kier molecular flexibility index (Phi) is 63.0. The molecule has 17 unspecified atom stereocenters. The van der Waals surface area contributed by atoms with Crippen LogP contribution in [0, 0.1) is 0 Å². The lowest BCUT2D eigenvalue weighted by Crippen LogP contribution is -2.66. The number of amides is 1. The lowest BCUT2D eigenvalue weighted by atomic mass is 9.96. The van der Waals surface area contributed by atoms with Crippen LogP contribution in [0.25, 0.3) is 0 Å². The van der Waals surface area contributed by atoms with Gasteiger partial charge in [-0.15, -0.1) is 0 Å². The maximum absolute atomic E-state index is 13.5. The number of hydrogen-bond donors (Lipinski definition) is 12. The van der Waals surface area contributed by atoms with Crippen molar-refractivity contribution in [3.63, 3.8) is 0 Å². The second-order valence-corrected chi connectivity index (χ2v) is 31.7. The molecule has 3 aliphatic heterocycles. The van der Waals surface area contributed by atoms with Crippen LogP contribution in [0.15, 0.2) is 48.6 Å². The summed E-state index contributed by atoms with van der Waals surface area (Å²) in [6, 6.07) is -0.991. The molecule has 0 saturated carbocycles. The number of hydrogen-bond acceptors (Lipinski definition) is 18. The third-order valence-electron chi connectivity index (χ3n) is 22.1. The van der Waals surface area contributed by atoms with E-state index in [4.69, 9.17) is 28.4 Å². The van der Waals surface area contributed by atoms with Gasteiger partial charge in [0.2, 0.25) is 5.91 Å². The molecular weight excluding hydrogens is 1360 g/mol. The van der Waals surface area contributed by atoms with Crippen molar-refractivity contribution < 1.29 is 89.4 Å². The van der Waals surface area contributed by atoms with E-state index in [1.54, 1.807) is 6.08 Å². The molecule has 0 radical (unpaired) electrons. The number of nitrogens with one attached hydrogen (secondary N) is 1. The summed E-state index contributed by atoms with van der Waals surface area (Å²) in [7, 11) is 0. The molecule has 0 aromatic carbocycles. The second-order valence-electron chi connectivity index (χ2n) is 31.7. The smallest absolute Gasteiger partial charge is 0.220 e. The molecule has 628 valence electrons. The predicted octanol–water partition coefficient (Wildman–Crippen LogP) is 16.4. The van der Waals surface area contributed by atoms with E-state index in [0.717, 1.165) is 44.9 Å². The molecule has 3 rings (SSSR count). The van der Waals surface area contributed by atoms with Gasteiger partial charge in [0.05, 0.1) is 38.6 Å². The molecule has 0 bridgehead atoms. The minimum absolute atomic E-state index is 0.239. The topological polar surface area (TPSA) is 307 Å². The summed E-state index contributed by atoms with van der Waals surface area (Å²) in [4.78, 5) is 13.5. The Hall–Kier alpha value is -2.25. The Morgan fingerprint density at radius 3 is 0.991 bits per heavy atom. The van der Waals surface area contributed by atoms with E-state index in [0.29, 0.717) is 12.8 Å². The number of rotatable bonds is 72. The third kappa shape index (κ3) is 47.3. The maximum Gasteiger partial charge on any atom is 0.220 e. The highest BCUT2D eigenvalue weighted by Gasteiger charge is 2.54. The van der Waals surface area contributed by atoms with Gasteiger partial charge < -0.3 is 89.9 Å². The summed E-state index contributed by atoms with van der Waals surface area (Å²) in [6.07, 6.45) is 61.3. The van der Waals surface area contributed by atoms with E-state index >= 15 is 0 Å². The largest absolute Gasteiger partial charge is 0.394 e. The van der Waals surface area contributed by atoms with Gasteiger partial charge in [-0.25, -0.2) is 0 Å². The summed E-state index contributed by atoms with van der Waals surface area (Å²) in [5, 5.41) is 121. The zero-order chi connectivity index (χ0) is 77.4. The summed E-state index contributed by atoms with van der Waals surface area (Å²) >= 11 is 0. The number of unbranched alkanes of at least 4 members (excludes halogenated alkanes) is 50. The minimum atomic E-state index is -1.98. The molecule has 19 heteroatoms. The first kappa shape index (κ1) is 98.9. The highest BCUT2D eigenvalue weighted by Crippen LogP contribution is 2.34. The summed E-state index contributed by atoms with van der Waals surface area (Å²) < 4.78 is 34.5. The van der Waals surface area contributed by atoms with Crippen LogP contribution >= 0.6 is 0 Å². The Balaban J connectivity index is 1.31. The molecule has 1 amide bonds. The van der Waals surface area contributed by atoms with Gasteiger partial charge in [0.25, 0.3) is 0 Å². The lowest BCUT2D eigenvalue weighted by Gasteiger charge is -2.48. The highest BCUT2D eigenvalue weighted by molar-refractivity contribution is 5.76. The van der Waals surface area contributed by atoms with Crippen molar-refractivity contribution in [2.24, 2.45) is 0 Å². The van der Waals surface area contributed by atoms with Gasteiger partial charge in [-0.3, -0.25) is 4.79 Å². The number of aliphatic hydroxyl groups is 11. The zero-order valence-corrected chi connectivity index (χ0v) is 67.6. The molecule has 3 aliphatic rings. The summed E-state index contributed by atoms with van der Waals surface area (Å²) in [5.74, 6) is -0.278. The number of carbonyl (C=O) groups excluding carboxylic acids is 1. The van der Waals surface area contributed by atoms with Gasteiger partial charge in [-0.2, -0.15) is 0 Å². The molecule has 3 heterocycles. The van der Waals surface area contributed by atoms with Gasteiger partial charge in [0.15, 0.2) is 18.9 Å². The average Bonchev–Trinajstić information content (AvgIpc) is 0.781. The van der Waals surface area contributed by atoms with E-state index in [2.05, 4.69) is 55.6 Å². The lowest BCUT2D eigenvalue weighted by molar-refractivity contribution is -0.379. The number of aliphatic hydroxyl groups excluding tert-OH is 11. The van der Waals surface area contributed by atoms with Crippen LogP contribution < -0.4 is 5.32 Å². The van der Waals surface area contributed by atoms with Gasteiger partial charge >= 0.3 is 0 Å². The Morgan fingerprint density at radius 1 is 0.336 bits per heavy atom. The van der Waals surface area contributed by atoms with Crippen molar-refractivity contribution in [3.05, 3.63) is 48.6 Å². The molecule has 0 spiro atoms. The fourth-order valence-electron chi connectivity index (χ4n) is 15.0. The molecule has 0 aromatic heterocycles. The van der Waals surface area contributed by atoms with Crippen LogP contribution in [-0.4, -0.2) is 193 Å². The Labute approximate surface area is 650 Å². The van der Waals surface area contributed by atoms with Gasteiger partial charge in [-0.1, -0.05) is 351 Å². The number of ether oxygens (including phenoxy) is 6. The van der Waals surface area contributed by atoms with E-state index < -0.39 is 124 Å². The monoisotopic (exact) mass is 1520 g/mol. The molecule has 17 atom stereocenters. The van der Waals surface area contributed by atoms with Crippen LogP contribution in [0.3, 0.4) is 0 Å². The van der Waals surface area contributed by atoms with Crippen molar-refractivity contribution in [1.82, 2.24) is 5.32 Å². The minimum Gasteiger partial charge on any atom is -0.394 e. The van der Waals surface area contributed by atoms with E-state index in [9.17, 15) is 61.0 Å². The molecule has 12 N–H and O–H groups in total. The van der Waals surface area contributed by atoms with Crippen LogP contribution in [0.2, 0.25) is 0 Å². The fourth-order valence-corrected chi connectivity index (χ4v) is 15.0. The van der Waals surface area contributed by atoms with Crippen LogP contribution in [0.5, 0.6) is 0 Å². The van der Waals surface area contributed by atoms with E-state index in [-0.39, 0.29) is 18.9 Å². The van der Waals surface area contributed by atoms with E-state index in [1.807, 2.05) is 6.08 Å². The number of allylic oxidation sites excluding steroid dienone is 7. The normalized spacial score (nSPS) is 25.7. The molecule has 107 heavy (non-hydrogen) atoms. The van der Waals surface area contributed by atoms with Gasteiger partial charge in [0.1, 0.15) is 73.2 Å². The molecular formula is C88H163NO18. The van der Waals surface area contributed by atoms with Gasteiger partial charge in [-0.05, 0) is 64.2 Å². The van der Waals surface area contributed by atoms with Crippen LogP contribution in [0.4, 0.5) is 0 Å². The van der Waals surface area contributed by atoms with Crippen LogP contribution in [-0.2, 0) is 33.2 Å². The predicted molar refractivity (Wildman–Crippen MR) is 429 cm³/mol. The van der Waals surface area contributed by atoms with Crippen LogP contribution in [0.1, 0.15) is 373 Å². The summed E-state index contributed by atoms with van der Waals surface area (Å²) in [6.45, 7) is 1.76. The van der Waals surface area contributed by atoms with Crippen molar-refractivity contribution in [3.8, 4) is 0 Å². The summed E-state index contributed by atoms with van der Waals surface area (Å²) in [5.41, 5.74) is 0. The third-order valence-corrected chi connectivity index (χ3v) is 22.1. The van der Waals surface area contributed by atoms with Crippen molar-refractivity contribution in [2.75, 3.05) is 26.4 Å². The van der Waals surface area contributed by atoms with Crippen molar-refractivity contribution in [2.45, 2.75) is 478 Å². The zero-order valence-electron chi connectivity index (χ0n) is 67.6. The fraction of sp³-hybridized carbons (Fsp3) is 0.898. The maximum atomic E-state index is 13.5. The second kappa shape index (κ2) is 68.2. The molecule has 0 aromatic rings. The Morgan fingerprint density at radius 2 is 0.626 bits per heavy atom. The number of carbonyl (C=O) groups is 1. The molecule has 3 fully saturated rings. The first-order valence-electron chi connectivity index (χ1n) is 44.4. The van der Waals surface area contributed by atoms with Crippen molar-refractivity contribution >= 4 is 5.91 Å². The standard InChI is InChI=1S/C88H163NO18/c1-3-5-7-9-11-13-15-17-19-21-23-25-27-28-29-30-31-32-33-34-35-36-37-38-39-40-41-42-44-46-48-50-52-54-56-58-60-62-64-66-76(94)89-71(72(93)65-63-61-59-57-55-53-51-49-47-45-43-26-24-22-20-18-16-14-12-10-8-6-4-2)70-102-86-82(100)79(97)84(74(68-91)104-86)107-88-83(101)80(98)85(75(69-92)105-88)106-87-81(99)78(96)77(95)73(67-90)103-87/h15,17,21,23,55,57,63,65,71-75,77-88,90-93,95-101H,3-14,16,18-20,22,24-54,56,58-62,64,66-70H2,1-2H3,(H,89,94)/b17-15-,23-21-,57-55+,65-63+. The van der Waals surface area contributed by atoms with E-state index in [1.165, 1.54) is 295 Å². The first-order valence-corrected chi connectivity index (χ1v) is 44.4. The highest BCUT2D eigenvalue weighted by atomic mass is 16.8.